The summed E-state index contributed by atoms with van der Waals surface area (Å²) < 4.78 is 50.9. The van der Waals surface area contributed by atoms with Crippen molar-refractivity contribution in [2.45, 2.75) is 4.90 Å². The second kappa shape index (κ2) is 5.32. The molecule has 0 fully saturated rings. The molecule has 0 aliphatic carbocycles. The molecule has 2 nitrogen and oxygen atoms in total. The number of sulfone groups is 1. The summed E-state index contributed by atoms with van der Waals surface area (Å²) >= 11 is 0. The highest BCUT2D eigenvalue weighted by Crippen LogP contribution is 2.23. The van der Waals surface area contributed by atoms with E-state index in [0.717, 1.165) is 6.07 Å². The van der Waals surface area contributed by atoms with Crippen LogP contribution in [0.2, 0.25) is 0 Å². The van der Waals surface area contributed by atoms with Crippen molar-refractivity contribution < 1.29 is 17.2 Å². The Labute approximate surface area is 109 Å². The average Bonchev–Trinajstić information content (AvgIpc) is 2.42. The number of hydrogen-bond acceptors (Lipinski definition) is 2. The summed E-state index contributed by atoms with van der Waals surface area (Å²) in [6.07, 6.45) is 0.678. The molecule has 0 aliphatic heterocycles. The third kappa shape index (κ3) is 2.88. The van der Waals surface area contributed by atoms with Crippen molar-refractivity contribution in [1.29, 1.82) is 0 Å². The van der Waals surface area contributed by atoms with Crippen LogP contribution < -0.4 is 0 Å². The lowest BCUT2D eigenvalue weighted by molar-refractivity contribution is 0.579. The topological polar surface area (TPSA) is 34.1 Å². The molecule has 0 radical (unpaired) electrons. The van der Waals surface area contributed by atoms with Crippen LogP contribution >= 0.6 is 0 Å². The fourth-order valence-electron chi connectivity index (χ4n) is 1.50. The first-order valence-corrected chi connectivity index (χ1v) is 6.92. The van der Waals surface area contributed by atoms with Gasteiger partial charge in [-0.3, -0.25) is 0 Å². The van der Waals surface area contributed by atoms with Gasteiger partial charge in [-0.25, -0.2) is 12.8 Å². The minimum Gasteiger partial charge on any atom is -0.216 e. The number of hydrogen-bond donors (Lipinski definition) is 0. The van der Waals surface area contributed by atoms with Gasteiger partial charge in [-0.1, -0.05) is 36.4 Å². The summed E-state index contributed by atoms with van der Waals surface area (Å²) in [7, 11) is -4.23. The smallest absolute Gasteiger partial charge is 0.216 e. The fraction of sp³-hybridized carbons (Fsp3) is 0. The second-order valence-corrected chi connectivity index (χ2v) is 5.65. The lowest BCUT2D eigenvalue weighted by Crippen LogP contribution is -2.01. The molecule has 0 saturated heterocycles. The maximum atomic E-state index is 13.8. The zero-order valence-electron chi connectivity index (χ0n) is 9.75. The summed E-state index contributed by atoms with van der Waals surface area (Å²) in [5.41, 5.74) is -0.112. The Morgan fingerprint density at radius 2 is 1.53 bits per heavy atom. The standard InChI is InChI=1S/C14H10F2O2S/c15-13-9-5-4-6-11(13)10-14(16)19(17,18)12-7-2-1-3-8-12/h1-10H/b14-10+. The predicted molar refractivity (Wildman–Crippen MR) is 69.1 cm³/mol. The molecule has 0 atom stereocenters. The van der Waals surface area contributed by atoms with Crippen LogP contribution in [0, 0.1) is 5.82 Å². The van der Waals surface area contributed by atoms with Gasteiger partial charge in [0.05, 0.1) is 4.90 Å². The van der Waals surface area contributed by atoms with Crippen LogP contribution in [0.4, 0.5) is 8.78 Å². The van der Waals surface area contributed by atoms with Crippen molar-refractivity contribution in [2.75, 3.05) is 0 Å². The highest BCUT2D eigenvalue weighted by Gasteiger charge is 2.20. The third-order valence-electron chi connectivity index (χ3n) is 2.48. The van der Waals surface area contributed by atoms with Gasteiger partial charge in [-0.05, 0) is 24.3 Å². The Morgan fingerprint density at radius 1 is 0.947 bits per heavy atom. The first-order valence-electron chi connectivity index (χ1n) is 5.43. The molecule has 19 heavy (non-hydrogen) atoms. The highest BCUT2D eigenvalue weighted by atomic mass is 32.2. The van der Waals surface area contributed by atoms with E-state index in [9.17, 15) is 17.2 Å². The van der Waals surface area contributed by atoms with Crippen molar-refractivity contribution in [3.63, 3.8) is 0 Å². The number of benzene rings is 2. The molecule has 0 N–H and O–H groups in total. The van der Waals surface area contributed by atoms with Gasteiger partial charge in [0.1, 0.15) is 5.82 Å². The maximum Gasteiger partial charge on any atom is 0.233 e. The van der Waals surface area contributed by atoms with E-state index in [4.69, 9.17) is 0 Å². The van der Waals surface area contributed by atoms with E-state index in [1.807, 2.05) is 0 Å². The minimum atomic E-state index is -4.23. The van der Waals surface area contributed by atoms with Crippen molar-refractivity contribution >= 4 is 15.9 Å². The van der Waals surface area contributed by atoms with Gasteiger partial charge >= 0.3 is 0 Å². The normalized spacial score (nSPS) is 12.4. The Balaban J connectivity index is 2.45. The second-order valence-electron chi connectivity index (χ2n) is 3.79. The van der Waals surface area contributed by atoms with Crippen LogP contribution in [-0.2, 0) is 9.84 Å². The molecule has 0 saturated carbocycles. The van der Waals surface area contributed by atoms with E-state index in [1.165, 1.54) is 42.5 Å². The van der Waals surface area contributed by atoms with Crippen LogP contribution in [0.5, 0.6) is 0 Å². The van der Waals surface area contributed by atoms with Crippen molar-refractivity contribution in [1.82, 2.24) is 0 Å². The van der Waals surface area contributed by atoms with Gasteiger partial charge in [-0.15, -0.1) is 0 Å². The molecule has 0 unspecified atom stereocenters. The fourth-order valence-corrected chi connectivity index (χ4v) is 2.53. The van der Waals surface area contributed by atoms with Crippen molar-refractivity contribution in [2.24, 2.45) is 0 Å². The molecule has 0 aromatic heterocycles. The molecule has 0 bridgehead atoms. The zero-order chi connectivity index (χ0) is 13.9. The third-order valence-corrected chi connectivity index (χ3v) is 4.01. The number of rotatable bonds is 3. The van der Waals surface area contributed by atoms with E-state index in [0.29, 0.717) is 6.08 Å². The lowest BCUT2D eigenvalue weighted by atomic mass is 10.2. The Hall–Kier alpha value is -2.01. The van der Waals surface area contributed by atoms with Gasteiger partial charge in [0.2, 0.25) is 15.0 Å². The molecule has 0 amide bonds. The molecule has 2 aromatic carbocycles. The van der Waals surface area contributed by atoms with Crippen LogP contribution in [0.15, 0.2) is 64.7 Å². The summed E-state index contributed by atoms with van der Waals surface area (Å²) in [5.74, 6) is -0.680. The molecule has 2 rings (SSSR count). The lowest BCUT2D eigenvalue weighted by Gasteiger charge is -2.02. The van der Waals surface area contributed by atoms with E-state index in [-0.39, 0.29) is 10.5 Å². The predicted octanol–water partition coefficient (Wildman–Crippen LogP) is 3.57. The summed E-state index contributed by atoms with van der Waals surface area (Å²) in [6.45, 7) is 0. The quantitative estimate of drug-likeness (QED) is 0.861. The van der Waals surface area contributed by atoms with Crippen LogP contribution in [0.25, 0.3) is 6.08 Å². The van der Waals surface area contributed by atoms with E-state index in [1.54, 1.807) is 6.07 Å². The molecule has 0 heterocycles. The van der Waals surface area contributed by atoms with E-state index >= 15 is 0 Å². The van der Waals surface area contributed by atoms with E-state index in [2.05, 4.69) is 0 Å². The average molecular weight is 280 g/mol. The minimum absolute atomic E-state index is 0.112. The van der Waals surface area contributed by atoms with Gasteiger partial charge in [-0.2, -0.15) is 4.39 Å². The molecular weight excluding hydrogens is 270 g/mol. The molecule has 98 valence electrons. The van der Waals surface area contributed by atoms with Crippen molar-refractivity contribution in [3.05, 3.63) is 71.1 Å². The van der Waals surface area contributed by atoms with Gasteiger partial charge < -0.3 is 0 Å². The molecule has 5 heteroatoms. The highest BCUT2D eigenvalue weighted by molar-refractivity contribution is 7.95. The maximum absolute atomic E-state index is 13.8. The Morgan fingerprint density at radius 3 is 2.16 bits per heavy atom. The molecule has 0 spiro atoms. The Kier molecular flexibility index (Phi) is 3.76. The number of halogens is 2. The SMILES string of the molecule is O=S(=O)(/C(F)=C/c1ccccc1F)c1ccccc1. The van der Waals surface area contributed by atoms with Crippen LogP contribution in [0.1, 0.15) is 5.56 Å². The summed E-state index contributed by atoms with van der Waals surface area (Å²) in [4.78, 5) is -0.167. The first kappa shape index (κ1) is 13.4. The van der Waals surface area contributed by atoms with Gasteiger partial charge in [0.15, 0.2) is 0 Å². The molecule has 0 aliphatic rings. The molecular formula is C14H10F2O2S. The van der Waals surface area contributed by atoms with Gasteiger partial charge in [0.25, 0.3) is 0 Å². The monoisotopic (exact) mass is 280 g/mol. The largest absolute Gasteiger partial charge is 0.233 e. The summed E-state index contributed by atoms with van der Waals surface area (Å²) in [6, 6.07) is 12.5. The van der Waals surface area contributed by atoms with Crippen molar-refractivity contribution in [3.8, 4) is 0 Å². The zero-order valence-corrected chi connectivity index (χ0v) is 10.6. The molecule has 2 aromatic rings. The Bertz CT molecular complexity index is 707. The summed E-state index contributed by atoms with van der Waals surface area (Å²) in [5, 5.41) is -1.39. The van der Waals surface area contributed by atoms with Crippen LogP contribution in [0.3, 0.4) is 0 Å². The van der Waals surface area contributed by atoms with Gasteiger partial charge in [0, 0.05) is 5.56 Å². The van der Waals surface area contributed by atoms with Crippen LogP contribution in [-0.4, -0.2) is 8.42 Å². The van der Waals surface area contributed by atoms with E-state index < -0.39 is 20.8 Å². The first-order chi connectivity index (χ1) is 9.01.